The van der Waals surface area contributed by atoms with E-state index in [0.717, 1.165) is 31.5 Å². The Morgan fingerprint density at radius 3 is 2.54 bits per heavy atom. The lowest BCUT2D eigenvalue weighted by Crippen LogP contribution is -2.40. The summed E-state index contributed by atoms with van der Waals surface area (Å²) in [6.07, 6.45) is 6.48. The highest BCUT2D eigenvalue weighted by molar-refractivity contribution is 4.86. The molecule has 1 saturated carbocycles. The third-order valence-corrected chi connectivity index (χ3v) is 3.73. The van der Waals surface area contributed by atoms with Gasteiger partial charge in [0.2, 0.25) is 0 Å². The van der Waals surface area contributed by atoms with Gasteiger partial charge in [-0.3, -0.25) is 4.90 Å². The van der Waals surface area contributed by atoms with Crippen LogP contribution in [0, 0.1) is 5.92 Å². The monoisotopic (exact) mass is 183 g/mol. The van der Waals surface area contributed by atoms with Gasteiger partial charge in [0, 0.05) is 19.1 Å². The van der Waals surface area contributed by atoms with Crippen molar-refractivity contribution in [3.8, 4) is 0 Å². The van der Waals surface area contributed by atoms with Crippen LogP contribution in [0.3, 0.4) is 0 Å². The Morgan fingerprint density at radius 1 is 1.15 bits per heavy atom. The van der Waals surface area contributed by atoms with Crippen molar-refractivity contribution in [1.29, 1.82) is 0 Å². The zero-order valence-corrected chi connectivity index (χ0v) is 8.58. The molecule has 2 unspecified atom stereocenters. The van der Waals surface area contributed by atoms with Gasteiger partial charge < -0.3 is 5.11 Å². The molecule has 2 fully saturated rings. The van der Waals surface area contributed by atoms with Gasteiger partial charge in [-0.1, -0.05) is 19.8 Å². The van der Waals surface area contributed by atoms with E-state index in [1.54, 1.807) is 0 Å². The normalized spacial score (nSPS) is 42.5. The Balaban J connectivity index is 1.91. The quantitative estimate of drug-likeness (QED) is 0.668. The Hall–Kier alpha value is -0.0800. The lowest BCUT2D eigenvalue weighted by Gasteiger charge is -2.36. The fourth-order valence-electron chi connectivity index (χ4n) is 2.91. The van der Waals surface area contributed by atoms with Crippen LogP contribution in [0.4, 0.5) is 0 Å². The van der Waals surface area contributed by atoms with Gasteiger partial charge in [0.25, 0.3) is 0 Å². The molecule has 1 aliphatic heterocycles. The van der Waals surface area contributed by atoms with E-state index < -0.39 is 0 Å². The van der Waals surface area contributed by atoms with Crippen LogP contribution in [-0.4, -0.2) is 35.2 Å². The van der Waals surface area contributed by atoms with E-state index in [0.29, 0.717) is 0 Å². The van der Waals surface area contributed by atoms with Crippen molar-refractivity contribution >= 4 is 0 Å². The van der Waals surface area contributed by atoms with Crippen LogP contribution in [-0.2, 0) is 0 Å². The highest BCUT2D eigenvalue weighted by Gasteiger charge is 2.31. The molecule has 0 radical (unpaired) electrons. The van der Waals surface area contributed by atoms with Gasteiger partial charge in [-0.05, 0) is 25.2 Å². The smallest absolute Gasteiger partial charge is 0.0679 e. The molecule has 0 amide bonds. The van der Waals surface area contributed by atoms with Crippen LogP contribution in [0.5, 0.6) is 0 Å². The molecule has 2 rings (SSSR count). The van der Waals surface area contributed by atoms with Crippen LogP contribution in [0.25, 0.3) is 0 Å². The van der Waals surface area contributed by atoms with Crippen LogP contribution >= 0.6 is 0 Å². The minimum Gasteiger partial charge on any atom is -0.392 e. The molecule has 1 saturated heterocycles. The highest BCUT2D eigenvalue weighted by Crippen LogP contribution is 2.30. The van der Waals surface area contributed by atoms with Gasteiger partial charge in [0.1, 0.15) is 0 Å². The predicted octanol–water partition coefficient (Wildman–Crippen LogP) is 1.63. The molecule has 2 aliphatic rings. The van der Waals surface area contributed by atoms with Gasteiger partial charge in [-0.25, -0.2) is 0 Å². The molecule has 3 atom stereocenters. The molecule has 1 N–H and O–H groups in total. The molecule has 0 bridgehead atoms. The van der Waals surface area contributed by atoms with Gasteiger partial charge in [-0.15, -0.1) is 0 Å². The second-order valence-electron chi connectivity index (χ2n) is 4.77. The summed E-state index contributed by atoms with van der Waals surface area (Å²) in [6, 6.07) is 0.769. The number of rotatable bonds is 1. The topological polar surface area (TPSA) is 23.5 Å². The van der Waals surface area contributed by atoms with Crippen molar-refractivity contribution in [2.45, 2.75) is 51.2 Å². The first kappa shape index (κ1) is 9.47. The molecule has 1 heterocycles. The van der Waals surface area contributed by atoms with E-state index in [9.17, 15) is 5.11 Å². The summed E-state index contributed by atoms with van der Waals surface area (Å²) in [5, 5.41) is 9.47. The van der Waals surface area contributed by atoms with Crippen molar-refractivity contribution in [2.75, 3.05) is 13.1 Å². The van der Waals surface area contributed by atoms with Gasteiger partial charge in [0.05, 0.1) is 6.10 Å². The summed E-state index contributed by atoms with van der Waals surface area (Å²) >= 11 is 0. The number of β-amino-alcohol motifs (C(OH)–C–C–N with tert-alkyl or cyclic N) is 1. The molecule has 76 valence electrons. The number of hydrogen-bond acceptors (Lipinski definition) is 2. The summed E-state index contributed by atoms with van der Waals surface area (Å²) in [5.74, 6) is 0.846. The molecular weight excluding hydrogens is 162 g/mol. The molecule has 2 nitrogen and oxygen atoms in total. The lowest BCUT2D eigenvalue weighted by atomic mass is 9.85. The molecule has 0 aromatic heterocycles. The van der Waals surface area contributed by atoms with E-state index >= 15 is 0 Å². The van der Waals surface area contributed by atoms with E-state index in [2.05, 4.69) is 11.8 Å². The second-order valence-corrected chi connectivity index (χ2v) is 4.77. The van der Waals surface area contributed by atoms with Crippen molar-refractivity contribution in [3.05, 3.63) is 0 Å². The van der Waals surface area contributed by atoms with Crippen molar-refractivity contribution in [1.82, 2.24) is 4.90 Å². The molecule has 13 heavy (non-hydrogen) atoms. The standard InChI is InChI=1S/C11H21NO/c1-9-4-2-3-5-11(9)12-7-6-10(13)8-12/h9-11,13H,2-8H2,1H3/t9-,10?,11?/m1/s1. The van der Waals surface area contributed by atoms with E-state index in [4.69, 9.17) is 0 Å². The van der Waals surface area contributed by atoms with Crippen molar-refractivity contribution in [3.63, 3.8) is 0 Å². The summed E-state index contributed by atoms with van der Waals surface area (Å²) < 4.78 is 0. The van der Waals surface area contributed by atoms with Crippen LogP contribution in [0.1, 0.15) is 39.0 Å². The third kappa shape index (κ3) is 2.05. The zero-order chi connectivity index (χ0) is 9.26. The van der Waals surface area contributed by atoms with E-state index in [1.807, 2.05) is 0 Å². The number of likely N-dealkylation sites (tertiary alicyclic amines) is 1. The SMILES string of the molecule is C[C@@H]1CCCCC1N1CCC(O)C1. The highest BCUT2D eigenvalue weighted by atomic mass is 16.3. The Labute approximate surface area is 80.9 Å². The van der Waals surface area contributed by atoms with Crippen molar-refractivity contribution < 1.29 is 5.11 Å². The zero-order valence-electron chi connectivity index (χ0n) is 8.58. The Morgan fingerprint density at radius 2 is 1.92 bits per heavy atom. The first-order valence-electron chi connectivity index (χ1n) is 5.69. The maximum Gasteiger partial charge on any atom is 0.0679 e. The molecule has 0 aromatic rings. The maximum atomic E-state index is 9.47. The summed E-state index contributed by atoms with van der Waals surface area (Å²) in [5.41, 5.74) is 0. The van der Waals surface area contributed by atoms with Crippen LogP contribution in [0.2, 0.25) is 0 Å². The summed E-state index contributed by atoms with van der Waals surface area (Å²) in [6.45, 7) is 4.42. The van der Waals surface area contributed by atoms with E-state index in [1.165, 1.54) is 25.7 Å². The molecule has 2 heteroatoms. The average Bonchev–Trinajstić information content (AvgIpc) is 2.53. The van der Waals surface area contributed by atoms with Crippen LogP contribution < -0.4 is 0 Å². The minimum atomic E-state index is -0.0471. The average molecular weight is 183 g/mol. The lowest BCUT2D eigenvalue weighted by molar-refractivity contribution is 0.112. The number of nitrogens with zero attached hydrogens (tertiary/aromatic N) is 1. The fourth-order valence-corrected chi connectivity index (χ4v) is 2.91. The first-order chi connectivity index (χ1) is 6.27. The molecule has 0 spiro atoms. The number of aliphatic hydroxyl groups excluding tert-OH is 1. The van der Waals surface area contributed by atoms with Crippen LogP contribution in [0.15, 0.2) is 0 Å². The van der Waals surface area contributed by atoms with Crippen molar-refractivity contribution in [2.24, 2.45) is 5.92 Å². The first-order valence-corrected chi connectivity index (χ1v) is 5.69. The molecular formula is C11H21NO. The summed E-state index contributed by atoms with van der Waals surface area (Å²) in [7, 11) is 0. The maximum absolute atomic E-state index is 9.47. The Bertz CT molecular complexity index is 171. The minimum absolute atomic E-state index is 0.0471. The number of hydrogen-bond donors (Lipinski definition) is 1. The van der Waals surface area contributed by atoms with Gasteiger partial charge in [0.15, 0.2) is 0 Å². The second kappa shape index (κ2) is 3.97. The van der Waals surface area contributed by atoms with E-state index in [-0.39, 0.29) is 6.10 Å². The third-order valence-electron chi connectivity index (χ3n) is 3.73. The Kier molecular flexibility index (Phi) is 2.89. The number of aliphatic hydroxyl groups is 1. The molecule has 1 aliphatic carbocycles. The summed E-state index contributed by atoms with van der Waals surface area (Å²) in [4.78, 5) is 2.51. The fraction of sp³-hybridized carbons (Fsp3) is 1.00. The van der Waals surface area contributed by atoms with Gasteiger partial charge in [-0.2, -0.15) is 0 Å². The van der Waals surface area contributed by atoms with Gasteiger partial charge >= 0.3 is 0 Å². The molecule has 0 aromatic carbocycles. The largest absolute Gasteiger partial charge is 0.392 e. The predicted molar refractivity (Wildman–Crippen MR) is 53.6 cm³/mol.